The van der Waals surface area contributed by atoms with E-state index in [1.54, 1.807) is 0 Å². The molecule has 0 unspecified atom stereocenters. The standard InChI is InChI=1S/C18H18N2O/c1-2-6-15-13(4-1)5-3-7-16(15)17-12-20-18(21-17)10-11-19-14-8-9-14/h1-7,12,14,19H,8-11H2. The Balaban J connectivity index is 1.58. The summed E-state index contributed by atoms with van der Waals surface area (Å²) in [5, 5.41) is 5.92. The quantitative estimate of drug-likeness (QED) is 0.771. The molecule has 1 saturated carbocycles. The molecule has 3 aromatic rings. The van der Waals surface area contributed by atoms with E-state index < -0.39 is 0 Å². The monoisotopic (exact) mass is 278 g/mol. The zero-order valence-corrected chi connectivity index (χ0v) is 11.9. The molecule has 21 heavy (non-hydrogen) atoms. The van der Waals surface area contributed by atoms with Gasteiger partial charge in [-0.25, -0.2) is 4.98 Å². The number of benzene rings is 2. The molecule has 1 fully saturated rings. The maximum atomic E-state index is 5.93. The first kappa shape index (κ1) is 12.6. The van der Waals surface area contributed by atoms with Crippen LogP contribution in [0.15, 0.2) is 53.1 Å². The third-order valence-electron chi connectivity index (χ3n) is 3.96. The van der Waals surface area contributed by atoms with E-state index in [0.717, 1.165) is 36.2 Å². The van der Waals surface area contributed by atoms with Gasteiger partial charge in [0.25, 0.3) is 0 Å². The lowest BCUT2D eigenvalue weighted by Crippen LogP contribution is -2.19. The van der Waals surface area contributed by atoms with Crippen molar-refractivity contribution >= 4 is 10.8 Å². The fourth-order valence-electron chi connectivity index (χ4n) is 2.66. The molecule has 1 aliphatic carbocycles. The molecule has 0 amide bonds. The number of nitrogens with one attached hydrogen (secondary N) is 1. The first-order valence-electron chi connectivity index (χ1n) is 7.56. The SMILES string of the molecule is c1ccc2c(-c3cnc(CCNC4CC4)o3)cccc2c1. The summed E-state index contributed by atoms with van der Waals surface area (Å²) in [6.07, 6.45) is 5.31. The van der Waals surface area contributed by atoms with Gasteiger partial charge < -0.3 is 9.73 Å². The van der Waals surface area contributed by atoms with Crippen molar-refractivity contribution in [1.82, 2.24) is 10.3 Å². The molecule has 1 aromatic heterocycles. The van der Waals surface area contributed by atoms with Crippen LogP contribution in [0.25, 0.3) is 22.1 Å². The molecule has 1 heterocycles. The normalized spacial score (nSPS) is 14.7. The second-order valence-corrected chi connectivity index (χ2v) is 5.62. The van der Waals surface area contributed by atoms with Gasteiger partial charge in [-0.05, 0) is 23.6 Å². The van der Waals surface area contributed by atoms with Gasteiger partial charge in [-0.2, -0.15) is 0 Å². The number of aromatic nitrogens is 1. The maximum Gasteiger partial charge on any atom is 0.196 e. The Kier molecular flexibility index (Phi) is 3.20. The summed E-state index contributed by atoms with van der Waals surface area (Å²) in [5.74, 6) is 1.67. The highest BCUT2D eigenvalue weighted by Gasteiger charge is 2.20. The first-order valence-corrected chi connectivity index (χ1v) is 7.56. The lowest BCUT2D eigenvalue weighted by atomic mass is 10.0. The van der Waals surface area contributed by atoms with Crippen molar-refractivity contribution in [2.24, 2.45) is 0 Å². The van der Waals surface area contributed by atoms with Crippen molar-refractivity contribution in [3.8, 4) is 11.3 Å². The Bertz CT molecular complexity index is 753. The Labute approximate surface area is 124 Å². The summed E-state index contributed by atoms with van der Waals surface area (Å²) in [6.45, 7) is 0.945. The van der Waals surface area contributed by atoms with Crippen molar-refractivity contribution in [3.05, 3.63) is 54.6 Å². The van der Waals surface area contributed by atoms with Crippen LogP contribution in [0, 0.1) is 0 Å². The minimum absolute atomic E-state index is 0.734. The number of oxazole rings is 1. The van der Waals surface area contributed by atoms with Gasteiger partial charge in [0, 0.05) is 24.6 Å². The van der Waals surface area contributed by atoms with E-state index in [0.29, 0.717) is 0 Å². The van der Waals surface area contributed by atoms with Gasteiger partial charge in [-0.3, -0.25) is 0 Å². The number of hydrogen-bond donors (Lipinski definition) is 1. The van der Waals surface area contributed by atoms with Crippen LogP contribution < -0.4 is 5.32 Å². The highest BCUT2D eigenvalue weighted by Crippen LogP contribution is 2.29. The third kappa shape index (κ3) is 2.69. The first-order chi connectivity index (χ1) is 10.4. The van der Waals surface area contributed by atoms with Crippen LogP contribution >= 0.6 is 0 Å². The van der Waals surface area contributed by atoms with Crippen LogP contribution in [0.2, 0.25) is 0 Å². The molecule has 0 spiro atoms. The third-order valence-corrected chi connectivity index (χ3v) is 3.96. The van der Waals surface area contributed by atoms with Crippen LogP contribution in [0.4, 0.5) is 0 Å². The molecule has 1 N–H and O–H groups in total. The molecule has 0 aliphatic heterocycles. The minimum Gasteiger partial charge on any atom is -0.441 e. The average molecular weight is 278 g/mol. The van der Waals surface area contributed by atoms with E-state index in [-0.39, 0.29) is 0 Å². The molecule has 3 heteroatoms. The summed E-state index contributed by atoms with van der Waals surface area (Å²) in [4.78, 5) is 4.41. The summed E-state index contributed by atoms with van der Waals surface area (Å²) in [7, 11) is 0. The molecule has 1 aliphatic rings. The van der Waals surface area contributed by atoms with Crippen molar-refractivity contribution in [2.45, 2.75) is 25.3 Å². The Morgan fingerprint density at radius 2 is 1.95 bits per heavy atom. The lowest BCUT2D eigenvalue weighted by molar-refractivity contribution is 0.495. The van der Waals surface area contributed by atoms with Gasteiger partial charge in [-0.1, -0.05) is 42.5 Å². The summed E-state index contributed by atoms with van der Waals surface area (Å²) >= 11 is 0. The zero-order chi connectivity index (χ0) is 14.1. The summed E-state index contributed by atoms with van der Waals surface area (Å²) < 4.78 is 5.93. The zero-order valence-electron chi connectivity index (χ0n) is 11.9. The molecule has 4 rings (SSSR count). The molecule has 0 atom stereocenters. The smallest absolute Gasteiger partial charge is 0.196 e. The molecule has 2 aromatic carbocycles. The number of hydrogen-bond acceptors (Lipinski definition) is 3. The summed E-state index contributed by atoms with van der Waals surface area (Å²) in [5.41, 5.74) is 1.11. The van der Waals surface area contributed by atoms with Gasteiger partial charge in [0.15, 0.2) is 11.7 Å². The van der Waals surface area contributed by atoms with Crippen LogP contribution in [0.1, 0.15) is 18.7 Å². The van der Waals surface area contributed by atoms with E-state index in [1.165, 1.54) is 23.6 Å². The topological polar surface area (TPSA) is 38.1 Å². The van der Waals surface area contributed by atoms with E-state index in [1.807, 2.05) is 6.20 Å². The largest absolute Gasteiger partial charge is 0.441 e. The minimum atomic E-state index is 0.734. The molecule has 0 radical (unpaired) electrons. The molecule has 0 saturated heterocycles. The summed E-state index contributed by atoms with van der Waals surface area (Å²) in [6, 6.07) is 15.4. The Hall–Kier alpha value is -2.13. The van der Waals surface area contributed by atoms with Crippen molar-refractivity contribution in [3.63, 3.8) is 0 Å². The van der Waals surface area contributed by atoms with Gasteiger partial charge in [0.2, 0.25) is 0 Å². The molecule has 0 bridgehead atoms. The molecule has 3 nitrogen and oxygen atoms in total. The fraction of sp³-hybridized carbons (Fsp3) is 0.278. The van der Waals surface area contributed by atoms with Gasteiger partial charge in [0.1, 0.15) is 0 Å². The van der Waals surface area contributed by atoms with E-state index in [9.17, 15) is 0 Å². The second kappa shape index (κ2) is 5.34. The van der Waals surface area contributed by atoms with Crippen LogP contribution in [0.5, 0.6) is 0 Å². The maximum absolute atomic E-state index is 5.93. The predicted octanol–water partition coefficient (Wildman–Crippen LogP) is 3.79. The van der Waals surface area contributed by atoms with Gasteiger partial charge >= 0.3 is 0 Å². The van der Waals surface area contributed by atoms with Crippen LogP contribution in [0.3, 0.4) is 0 Å². The average Bonchev–Trinajstić information content (AvgIpc) is 3.23. The second-order valence-electron chi connectivity index (χ2n) is 5.62. The lowest BCUT2D eigenvalue weighted by Gasteiger charge is -2.03. The fourth-order valence-corrected chi connectivity index (χ4v) is 2.66. The van der Waals surface area contributed by atoms with Gasteiger partial charge in [0.05, 0.1) is 6.20 Å². The number of nitrogens with zero attached hydrogens (tertiary/aromatic N) is 1. The Morgan fingerprint density at radius 1 is 1.10 bits per heavy atom. The highest BCUT2D eigenvalue weighted by atomic mass is 16.4. The van der Waals surface area contributed by atoms with Crippen molar-refractivity contribution < 1.29 is 4.42 Å². The predicted molar refractivity (Wildman–Crippen MR) is 84.2 cm³/mol. The van der Waals surface area contributed by atoms with Crippen molar-refractivity contribution in [2.75, 3.05) is 6.54 Å². The highest BCUT2D eigenvalue weighted by molar-refractivity contribution is 5.95. The number of fused-ring (bicyclic) bond motifs is 1. The number of rotatable bonds is 5. The van der Waals surface area contributed by atoms with E-state index in [2.05, 4.69) is 52.8 Å². The van der Waals surface area contributed by atoms with Crippen molar-refractivity contribution in [1.29, 1.82) is 0 Å². The molecule has 106 valence electrons. The molecular weight excluding hydrogens is 260 g/mol. The Morgan fingerprint density at radius 3 is 2.86 bits per heavy atom. The van der Waals surface area contributed by atoms with E-state index in [4.69, 9.17) is 4.42 Å². The van der Waals surface area contributed by atoms with Gasteiger partial charge in [-0.15, -0.1) is 0 Å². The molecular formula is C18H18N2O. The van der Waals surface area contributed by atoms with E-state index >= 15 is 0 Å². The van der Waals surface area contributed by atoms with Crippen LogP contribution in [-0.4, -0.2) is 17.6 Å². The van der Waals surface area contributed by atoms with Crippen LogP contribution in [-0.2, 0) is 6.42 Å².